The van der Waals surface area contributed by atoms with Gasteiger partial charge < -0.3 is 4.74 Å². The first-order valence-electron chi connectivity index (χ1n) is 5.51. The number of benzene rings is 2. The lowest BCUT2D eigenvalue weighted by molar-refractivity contribution is -0.330. The SMILES string of the molecule is COc1ccc(-c2[nH]c3ccccc3[nH+]2)cc1. The van der Waals surface area contributed by atoms with Crippen LogP contribution in [0.25, 0.3) is 22.4 Å². The molecule has 0 aliphatic heterocycles. The molecule has 17 heavy (non-hydrogen) atoms. The van der Waals surface area contributed by atoms with E-state index in [4.69, 9.17) is 4.74 Å². The van der Waals surface area contributed by atoms with Crippen LogP contribution in [-0.2, 0) is 0 Å². The molecule has 3 heteroatoms. The summed E-state index contributed by atoms with van der Waals surface area (Å²) >= 11 is 0. The van der Waals surface area contributed by atoms with E-state index in [1.807, 2.05) is 36.4 Å². The molecule has 0 unspecified atom stereocenters. The highest BCUT2D eigenvalue weighted by Crippen LogP contribution is 2.19. The van der Waals surface area contributed by atoms with Gasteiger partial charge in [0.05, 0.1) is 12.7 Å². The number of imidazole rings is 1. The number of aromatic nitrogens is 2. The Hall–Kier alpha value is -2.29. The van der Waals surface area contributed by atoms with Crippen molar-refractivity contribution in [2.24, 2.45) is 0 Å². The van der Waals surface area contributed by atoms with Crippen molar-refractivity contribution >= 4 is 11.0 Å². The Bertz CT molecular complexity index is 608. The molecule has 0 saturated carbocycles. The average molecular weight is 225 g/mol. The van der Waals surface area contributed by atoms with Gasteiger partial charge in [-0.05, 0) is 36.4 Å². The molecule has 3 rings (SSSR count). The van der Waals surface area contributed by atoms with E-state index in [0.29, 0.717) is 0 Å². The molecule has 0 bridgehead atoms. The number of H-pyrrole nitrogens is 2. The first kappa shape index (κ1) is 9.90. The standard InChI is InChI=1S/C14H12N2O/c1-17-11-8-6-10(7-9-11)14-15-12-4-2-3-5-13(12)16-14/h2-9H,1H3,(H,15,16)/p+1. The summed E-state index contributed by atoms with van der Waals surface area (Å²) in [5.41, 5.74) is 3.33. The molecule has 0 radical (unpaired) electrons. The number of fused-ring (bicyclic) bond motifs is 1. The third-order valence-electron chi connectivity index (χ3n) is 2.83. The first-order valence-corrected chi connectivity index (χ1v) is 5.51. The lowest BCUT2D eigenvalue weighted by atomic mass is 10.2. The van der Waals surface area contributed by atoms with E-state index in [0.717, 1.165) is 28.2 Å². The van der Waals surface area contributed by atoms with Crippen molar-refractivity contribution in [2.75, 3.05) is 7.11 Å². The van der Waals surface area contributed by atoms with Crippen LogP contribution in [0.5, 0.6) is 5.75 Å². The number of hydrogen-bond donors (Lipinski definition) is 1. The minimum Gasteiger partial charge on any atom is -0.497 e. The van der Waals surface area contributed by atoms with Crippen LogP contribution < -0.4 is 9.72 Å². The van der Waals surface area contributed by atoms with Gasteiger partial charge >= 0.3 is 0 Å². The molecule has 1 aromatic heterocycles. The van der Waals surface area contributed by atoms with E-state index in [1.165, 1.54) is 0 Å². The quantitative estimate of drug-likeness (QED) is 0.715. The summed E-state index contributed by atoms with van der Waals surface area (Å²) < 4.78 is 5.14. The third kappa shape index (κ3) is 1.76. The normalized spacial score (nSPS) is 10.6. The molecule has 1 heterocycles. The van der Waals surface area contributed by atoms with E-state index >= 15 is 0 Å². The highest BCUT2D eigenvalue weighted by Gasteiger charge is 2.11. The smallest absolute Gasteiger partial charge is 0.285 e. The molecule has 2 N–H and O–H groups in total. The molecule has 3 nitrogen and oxygen atoms in total. The van der Waals surface area contributed by atoms with Crippen molar-refractivity contribution in [3.05, 3.63) is 48.5 Å². The second-order valence-electron chi connectivity index (χ2n) is 3.90. The summed E-state index contributed by atoms with van der Waals surface area (Å²) in [6, 6.07) is 16.1. The Morgan fingerprint density at radius 3 is 2.47 bits per heavy atom. The highest BCUT2D eigenvalue weighted by atomic mass is 16.5. The maximum Gasteiger partial charge on any atom is 0.285 e. The van der Waals surface area contributed by atoms with Crippen molar-refractivity contribution in [3.63, 3.8) is 0 Å². The van der Waals surface area contributed by atoms with Gasteiger partial charge in [0.25, 0.3) is 5.82 Å². The van der Waals surface area contributed by atoms with Gasteiger partial charge in [-0.25, -0.2) is 9.97 Å². The van der Waals surface area contributed by atoms with Gasteiger partial charge in [0, 0.05) is 0 Å². The number of methoxy groups -OCH3 is 1. The number of para-hydroxylation sites is 2. The summed E-state index contributed by atoms with van der Waals surface area (Å²) in [7, 11) is 1.67. The maximum atomic E-state index is 5.14. The molecular weight excluding hydrogens is 212 g/mol. The monoisotopic (exact) mass is 225 g/mol. The Balaban J connectivity index is 2.07. The van der Waals surface area contributed by atoms with Crippen LogP contribution in [0.4, 0.5) is 0 Å². The van der Waals surface area contributed by atoms with Crippen LogP contribution in [0.3, 0.4) is 0 Å². The van der Waals surface area contributed by atoms with Crippen molar-refractivity contribution in [3.8, 4) is 17.1 Å². The maximum absolute atomic E-state index is 5.14. The van der Waals surface area contributed by atoms with E-state index in [2.05, 4.69) is 22.1 Å². The minimum atomic E-state index is 0.866. The van der Waals surface area contributed by atoms with Crippen LogP contribution in [0.2, 0.25) is 0 Å². The Kier molecular flexibility index (Phi) is 2.29. The second-order valence-corrected chi connectivity index (χ2v) is 3.90. The lowest BCUT2D eigenvalue weighted by Crippen LogP contribution is -2.01. The van der Waals surface area contributed by atoms with Crippen molar-refractivity contribution in [1.29, 1.82) is 0 Å². The topological polar surface area (TPSA) is 39.2 Å². The molecule has 84 valence electrons. The van der Waals surface area contributed by atoms with Crippen LogP contribution in [-0.4, -0.2) is 12.1 Å². The fraction of sp³-hybridized carbons (Fsp3) is 0.0714. The minimum absolute atomic E-state index is 0.866. The van der Waals surface area contributed by atoms with Gasteiger partial charge in [-0.1, -0.05) is 12.1 Å². The van der Waals surface area contributed by atoms with Crippen LogP contribution in [0, 0.1) is 0 Å². The lowest BCUT2D eigenvalue weighted by Gasteiger charge is -1.98. The van der Waals surface area contributed by atoms with E-state index in [1.54, 1.807) is 7.11 Å². The second kappa shape index (κ2) is 3.94. The number of aromatic amines is 2. The summed E-state index contributed by atoms with van der Waals surface area (Å²) in [5.74, 6) is 1.87. The zero-order chi connectivity index (χ0) is 11.7. The Labute approximate surface area is 99.1 Å². The summed E-state index contributed by atoms with van der Waals surface area (Å²) in [4.78, 5) is 6.71. The van der Waals surface area contributed by atoms with Gasteiger partial charge in [-0.2, -0.15) is 0 Å². The number of hydrogen-bond acceptors (Lipinski definition) is 1. The molecular formula is C14H13N2O+. The van der Waals surface area contributed by atoms with Crippen molar-refractivity contribution in [2.45, 2.75) is 0 Å². The summed E-state index contributed by atoms with van der Waals surface area (Å²) in [6.07, 6.45) is 0. The molecule has 0 atom stereocenters. The molecule has 0 amide bonds. The Morgan fingerprint density at radius 2 is 1.76 bits per heavy atom. The number of ether oxygens (including phenoxy) is 1. The van der Waals surface area contributed by atoms with Gasteiger partial charge in [-0.15, -0.1) is 0 Å². The van der Waals surface area contributed by atoms with Crippen LogP contribution >= 0.6 is 0 Å². The first-order chi connectivity index (χ1) is 8.36. The molecule has 0 saturated heterocycles. The predicted octanol–water partition coefficient (Wildman–Crippen LogP) is 2.66. The molecule has 0 fully saturated rings. The fourth-order valence-electron chi connectivity index (χ4n) is 1.90. The predicted molar refractivity (Wildman–Crippen MR) is 66.8 cm³/mol. The molecule has 3 aromatic rings. The van der Waals surface area contributed by atoms with E-state index in [-0.39, 0.29) is 0 Å². The summed E-state index contributed by atoms with van der Waals surface area (Å²) in [6.45, 7) is 0. The van der Waals surface area contributed by atoms with Gasteiger partial charge in [-0.3, -0.25) is 0 Å². The van der Waals surface area contributed by atoms with Gasteiger partial charge in [0.1, 0.15) is 5.75 Å². The zero-order valence-electron chi connectivity index (χ0n) is 9.53. The average Bonchev–Trinajstić information content (AvgIpc) is 2.82. The zero-order valence-corrected chi connectivity index (χ0v) is 9.53. The largest absolute Gasteiger partial charge is 0.497 e. The highest BCUT2D eigenvalue weighted by molar-refractivity contribution is 5.74. The molecule has 0 spiro atoms. The fourth-order valence-corrected chi connectivity index (χ4v) is 1.90. The molecule has 0 aliphatic rings. The molecule has 2 aromatic carbocycles. The van der Waals surface area contributed by atoms with Gasteiger partial charge in [0.2, 0.25) is 0 Å². The van der Waals surface area contributed by atoms with Gasteiger partial charge in [0.15, 0.2) is 11.0 Å². The molecule has 0 aliphatic carbocycles. The van der Waals surface area contributed by atoms with Crippen LogP contribution in [0.15, 0.2) is 48.5 Å². The van der Waals surface area contributed by atoms with Crippen molar-refractivity contribution < 1.29 is 9.72 Å². The van der Waals surface area contributed by atoms with Crippen LogP contribution in [0.1, 0.15) is 0 Å². The third-order valence-corrected chi connectivity index (χ3v) is 2.83. The summed E-state index contributed by atoms with van der Waals surface area (Å²) in [5, 5.41) is 0. The number of rotatable bonds is 2. The van der Waals surface area contributed by atoms with Crippen molar-refractivity contribution in [1.82, 2.24) is 4.98 Å². The van der Waals surface area contributed by atoms with E-state index < -0.39 is 0 Å². The van der Waals surface area contributed by atoms with E-state index in [9.17, 15) is 0 Å². The number of nitrogens with one attached hydrogen (secondary N) is 2. The Morgan fingerprint density at radius 1 is 1.00 bits per heavy atom.